The number of hydrogen-bond acceptors (Lipinski definition) is 10. The quantitative estimate of drug-likeness (QED) is 0.174. The van der Waals surface area contributed by atoms with Crippen LogP contribution in [0.4, 0.5) is 17.1 Å². The zero-order valence-corrected chi connectivity index (χ0v) is 20.0. The maximum absolute atomic E-state index is 13.4. The van der Waals surface area contributed by atoms with Crippen LogP contribution in [-0.4, -0.2) is 50.5 Å². The highest BCUT2D eigenvalue weighted by molar-refractivity contribution is 7.86. The third-order valence-corrected chi connectivity index (χ3v) is 7.88. The first-order chi connectivity index (χ1) is 16.5. The van der Waals surface area contributed by atoms with E-state index in [0.717, 1.165) is 48.5 Å². The third kappa shape index (κ3) is 4.36. The van der Waals surface area contributed by atoms with Crippen LogP contribution in [0.1, 0.15) is 31.8 Å². The first kappa shape index (κ1) is 25.4. The fourth-order valence-corrected chi connectivity index (χ4v) is 5.30. The van der Waals surface area contributed by atoms with Gasteiger partial charge in [-0.25, -0.2) is 0 Å². The molecule has 0 bridgehead atoms. The Morgan fingerprint density at radius 1 is 0.639 bits per heavy atom. The van der Waals surface area contributed by atoms with Gasteiger partial charge in [0.1, 0.15) is 4.90 Å². The number of nitrogens with one attached hydrogen (secondary N) is 1. The smallest absolute Gasteiger partial charge is 0.296 e. The largest absolute Gasteiger partial charge is 0.397 e. The van der Waals surface area contributed by atoms with Crippen LogP contribution < -0.4 is 11.1 Å². The molecule has 3 aromatic carbocycles. The van der Waals surface area contributed by atoms with Crippen molar-refractivity contribution in [3.63, 3.8) is 0 Å². The van der Waals surface area contributed by atoms with E-state index in [-0.39, 0.29) is 16.9 Å². The van der Waals surface area contributed by atoms with Crippen molar-refractivity contribution in [3.05, 3.63) is 70.8 Å². The highest BCUT2D eigenvalue weighted by Gasteiger charge is 2.37. The van der Waals surface area contributed by atoms with Crippen molar-refractivity contribution >= 4 is 59.0 Å². The normalized spacial score (nSPS) is 13.8. The summed E-state index contributed by atoms with van der Waals surface area (Å²) in [4.78, 5) is 24.6. The van der Waals surface area contributed by atoms with Gasteiger partial charge in [-0.3, -0.25) is 23.2 Å². The van der Waals surface area contributed by atoms with E-state index >= 15 is 0 Å². The van der Waals surface area contributed by atoms with Crippen LogP contribution in [-0.2, 0) is 30.4 Å². The second-order valence-electron chi connectivity index (χ2n) is 7.53. The lowest BCUT2D eigenvalue weighted by atomic mass is 9.82. The van der Waals surface area contributed by atoms with E-state index in [0.29, 0.717) is 0 Å². The topological polar surface area (TPSA) is 235 Å². The molecule has 0 heterocycles. The van der Waals surface area contributed by atoms with E-state index in [1.54, 1.807) is 0 Å². The van der Waals surface area contributed by atoms with Gasteiger partial charge in [-0.1, -0.05) is 0 Å². The number of rotatable bonds is 5. The van der Waals surface area contributed by atoms with Crippen LogP contribution in [0.3, 0.4) is 0 Å². The number of fused-ring (bicyclic) bond motifs is 2. The molecule has 36 heavy (non-hydrogen) atoms. The first-order valence-electron chi connectivity index (χ1n) is 9.49. The molecule has 0 radical (unpaired) electrons. The molecule has 188 valence electrons. The second-order valence-corrected chi connectivity index (χ2v) is 11.8. The Hall–Kier alpha value is -3.67. The van der Waals surface area contributed by atoms with Gasteiger partial charge in [0.15, 0.2) is 11.6 Å². The third-order valence-electron chi connectivity index (χ3n) is 5.27. The molecular weight excluding hydrogens is 540 g/mol. The molecule has 0 atom stereocenters. The summed E-state index contributed by atoms with van der Waals surface area (Å²) in [5.74, 6) is -1.93. The summed E-state index contributed by atoms with van der Waals surface area (Å²) in [5.41, 5.74) is 3.03. The summed E-state index contributed by atoms with van der Waals surface area (Å²) in [7, 11) is -14.3. The summed E-state index contributed by atoms with van der Waals surface area (Å²) in [6.07, 6.45) is 0. The molecule has 1 aliphatic rings. The summed E-state index contributed by atoms with van der Waals surface area (Å²) < 4.78 is 97.6. The predicted octanol–water partition coefficient (Wildman–Crippen LogP) is 1.53. The van der Waals surface area contributed by atoms with E-state index in [2.05, 4.69) is 5.32 Å². The van der Waals surface area contributed by atoms with Crippen LogP contribution in [0.25, 0.3) is 0 Å². The molecule has 6 N–H and O–H groups in total. The number of nitrogens with two attached hydrogens (primary N) is 1. The van der Waals surface area contributed by atoms with E-state index in [1.165, 1.54) is 0 Å². The molecule has 0 saturated carbocycles. The Labute approximate surface area is 203 Å². The van der Waals surface area contributed by atoms with Gasteiger partial charge in [0, 0.05) is 16.8 Å². The molecule has 0 saturated heterocycles. The minimum absolute atomic E-state index is 0.0633. The van der Waals surface area contributed by atoms with E-state index in [9.17, 15) is 43.9 Å². The Bertz CT molecular complexity index is 1810. The van der Waals surface area contributed by atoms with Gasteiger partial charge in [0.2, 0.25) is 0 Å². The number of nitrogen functional groups attached to an aromatic ring is 1. The lowest BCUT2D eigenvalue weighted by molar-refractivity contribution is 0.0980. The standard InChI is InChI=1S/C20H14N2O11S3/c21-18-15(36(31,32)33)8-14(22-9-1-3-10(4-2-9)34(25,26)27)16-17(18)19(23)12-6-5-11(35(28,29)30)7-13(12)20(16)24/h1-8,22H,21H2,(H,25,26,27)(H,28,29,30)(H,31,32,33). The van der Waals surface area contributed by atoms with Crippen LogP contribution in [0.5, 0.6) is 0 Å². The average molecular weight is 555 g/mol. The van der Waals surface area contributed by atoms with Gasteiger partial charge in [0.25, 0.3) is 30.4 Å². The second kappa shape index (κ2) is 8.19. The lowest BCUT2D eigenvalue weighted by Gasteiger charge is -2.24. The Morgan fingerprint density at radius 2 is 1.17 bits per heavy atom. The Balaban J connectivity index is 1.98. The van der Waals surface area contributed by atoms with Crippen molar-refractivity contribution in [1.29, 1.82) is 0 Å². The zero-order chi connectivity index (χ0) is 26.8. The van der Waals surface area contributed by atoms with E-state index in [1.807, 2.05) is 0 Å². The highest BCUT2D eigenvalue weighted by atomic mass is 32.2. The molecule has 0 amide bonds. The molecule has 0 unspecified atom stereocenters. The van der Waals surface area contributed by atoms with Crippen molar-refractivity contribution < 1.29 is 48.5 Å². The van der Waals surface area contributed by atoms with E-state index in [4.69, 9.17) is 10.3 Å². The van der Waals surface area contributed by atoms with Crippen LogP contribution in [0, 0.1) is 0 Å². The molecule has 13 nitrogen and oxygen atoms in total. The fraction of sp³-hybridized carbons (Fsp3) is 0. The zero-order valence-electron chi connectivity index (χ0n) is 17.5. The molecule has 16 heteroatoms. The summed E-state index contributed by atoms with van der Waals surface area (Å²) in [6, 6.07) is 7.63. The van der Waals surface area contributed by atoms with Gasteiger partial charge >= 0.3 is 0 Å². The molecule has 0 spiro atoms. The van der Waals surface area contributed by atoms with Gasteiger partial charge in [0.05, 0.1) is 32.3 Å². The van der Waals surface area contributed by atoms with Crippen LogP contribution in [0.2, 0.25) is 0 Å². The average Bonchev–Trinajstić information content (AvgIpc) is 2.76. The summed E-state index contributed by atoms with van der Waals surface area (Å²) in [6.45, 7) is 0. The number of anilines is 3. The van der Waals surface area contributed by atoms with E-state index < -0.39 is 79.0 Å². The molecule has 4 rings (SSSR count). The minimum Gasteiger partial charge on any atom is -0.397 e. The van der Waals surface area contributed by atoms with Gasteiger partial charge in [-0.15, -0.1) is 0 Å². The Morgan fingerprint density at radius 3 is 1.69 bits per heavy atom. The SMILES string of the molecule is Nc1c(S(=O)(=O)O)cc(Nc2ccc(S(=O)(=O)O)cc2)c2c1C(=O)c1ccc(S(=O)(=O)O)cc1C2=O. The monoisotopic (exact) mass is 554 g/mol. The van der Waals surface area contributed by atoms with Gasteiger partial charge in [-0.05, 0) is 48.5 Å². The summed E-state index contributed by atoms with van der Waals surface area (Å²) >= 11 is 0. The number of ketones is 2. The van der Waals surface area contributed by atoms with Crippen molar-refractivity contribution in [3.8, 4) is 0 Å². The van der Waals surface area contributed by atoms with Gasteiger partial charge < -0.3 is 11.1 Å². The van der Waals surface area contributed by atoms with Crippen molar-refractivity contribution in [1.82, 2.24) is 0 Å². The molecule has 0 fully saturated rings. The number of carbonyl (C=O) groups is 2. The predicted molar refractivity (Wildman–Crippen MR) is 123 cm³/mol. The molecule has 0 aromatic heterocycles. The number of benzene rings is 3. The summed E-state index contributed by atoms with van der Waals surface area (Å²) in [5, 5.41) is 2.63. The van der Waals surface area contributed by atoms with Crippen molar-refractivity contribution in [2.45, 2.75) is 14.7 Å². The Kier molecular flexibility index (Phi) is 5.78. The van der Waals surface area contributed by atoms with Gasteiger partial charge in [-0.2, -0.15) is 25.3 Å². The van der Waals surface area contributed by atoms with Crippen molar-refractivity contribution in [2.75, 3.05) is 11.1 Å². The number of hydrogen-bond donors (Lipinski definition) is 5. The first-order valence-corrected chi connectivity index (χ1v) is 13.8. The van der Waals surface area contributed by atoms with Crippen LogP contribution in [0.15, 0.2) is 63.2 Å². The minimum atomic E-state index is -5.01. The maximum Gasteiger partial charge on any atom is 0.296 e. The van der Waals surface area contributed by atoms with Crippen LogP contribution >= 0.6 is 0 Å². The molecule has 0 aliphatic heterocycles. The molecular formula is C20H14N2O11S3. The molecule has 3 aromatic rings. The molecule has 1 aliphatic carbocycles. The van der Waals surface area contributed by atoms with Crippen molar-refractivity contribution in [2.24, 2.45) is 0 Å². The number of carbonyl (C=O) groups excluding carboxylic acids is 2. The maximum atomic E-state index is 13.4. The fourth-order valence-electron chi connectivity index (χ4n) is 3.66. The lowest BCUT2D eigenvalue weighted by Crippen LogP contribution is -2.25. The highest BCUT2D eigenvalue weighted by Crippen LogP contribution is 2.40.